The summed E-state index contributed by atoms with van der Waals surface area (Å²) in [5.41, 5.74) is 3.78. The van der Waals surface area contributed by atoms with E-state index in [2.05, 4.69) is 16.0 Å². The number of aromatic nitrogens is 2. The Morgan fingerprint density at radius 2 is 1.92 bits per heavy atom. The third kappa shape index (κ3) is 2.22. The Hall–Kier alpha value is -2.59. The van der Waals surface area contributed by atoms with Crippen LogP contribution in [0.25, 0.3) is 16.7 Å². The molecule has 24 heavy (non-hydrogen) atoms. The van der Waals surface area contributed by atoms with Crippen LogP contribution in [0.4, 0.5) is 5.82 Å². The maximum atomic E-state index is 11.7. The summed E-state index contributed by atoms with van der Waals surface area (Å²) in [7, 11) is -2.95. The van der Waals surface area contributed by atoms with Crippen LogP contribution in [0.1, 0.15) is 11.1 Å². The van der Waals surface area contributed by atoms with Crippen molar-refractivity contribution in [3.8, 4) is 6.07 Å². The highest BCUT2D eigenvalue weighted by atomic mass is 32.2. The first kappa shape index (κ1) is 15.0. The third-order valence-electron chi connectivity index (χ3n) is 4.53. The number of sulfone groups is 1. The topological polar surface area (TPSA) is 78.5 Å². The maximum absolute atomic E-state index is 11.7. The van der Waals surface area contributed by atoms with Crippen molar-refractivity contribution in [1.29, 1.82) is 5.26 Å². The molecule has 3 aromatic rings. The van der Waals surface area contributed by atoms with Crippen LogP contribution in [0.15, 0.2) is 30.3 Å². The lowest BCUT2D eigenvalue weighted by Gasteiger charge is -2.30. The number of imidazole rings is 1. The highest BCUT2D eigenvalue weighted by Gasteiger charge is 2.25. The first-order valence-corrected chi connectivity index (χ1v) is 9.58. The van der Waals surface area contributed by atoms with Crippen molar-refractivity contribution < 1.29 is 8.42 Å². The molecule has 7 heteroatoms. The summed E-state index contributed by atoms with van der Waals surface area (Å²) >= 11 is 0. The van der Waals surface area contributed by atoms with Gasteiger partial charge in [0.05, 0.1) is 28.1 Å². The highest BCUT2D eigenvalue weighted by molar-refractivity contribution is 7.91. The SMILES string of the molecule is Cc1cc(N2CCS(=O)(=O)CC2)n2c(nc3ccccc32)c1C#N. The van der Waals surface area contributed by atoms with Crippen LogP contribution < -0.4 is 4.90 Å². The normalized spacial score (nSPS) is 17.2. The fraction of sp³-hybridized carbons (Fsp3) is 0.294. The molecule has 0 radical (unpaired) electrons. The zero-order valence-electron chi connectivity index (χ0n) is 13.2. The Kier molecular flexibility index (Phi) is 3.25. The average molecular weight is 340 g/mol. The van der Waals surface area contributed by atoms with Gasteiger partial charge in [-0.3, -0.25) is 4.40 Å². The van der Waals surface area contributed by atoms with Gasteiger partial charge in [0, 0.05) is 13.1 Å². The second-order valence-corrected chi connectivity index (χ2v) is 8.37. The number of nitriles is 1. The number of rotatable bonds is 1. The summed E-state index contributed by atoms with van der Waals surface area (Å²) in [6, 6.07) is 11.9. The van der Waals surface area contributed by atoms with E-state index in [0.29, 0.717) is 24.3 Å². The fourth-order valence-corrected chi connectivity index (χ4v) is 4.45. The summed E-state index contributed by atoms with van der Waals surface area (Å²) in [6.07, 6.45) is 0. The van der Waals surface area contributed by atoms with Crippen molar-refractivity contribution in [1.82, 2.24) is 9.38 Å². The Balaban J connectivity index is 2.00. The lowest BCUT2D eigenvalue weighted by atomic mass is 10.1. The molecule has 3 heterocycles. The van der Waals surface area contributed by atoms with E-state index >= 15 is 0 Å². The minimum absolute atomic E-state index is 0.153. The van der Waals surface area contributed by atoms with Gasteiger partial charge in [-0.05, 0) is 30.7 Å². The molecule has 122 valence electrons. The zero-order valence-corrected chi connectivity index (χ0v) is 14.0. The number of aryl methyl sites for hydroxylation is 1. The van der Waals surface area contributed by atoms with Gasteiger partial charge in [-0.25, -0.2) is 13.4 Å². The molecule has 4 rings (SSSR count). The average Bonchev–Trinajstić information content (AvgIpc) is 2.93. The molecule has 0 amide bonds. The molecule has 1 aliphatic heterocycles. The van der Waals surface area contributed by atoms with Crippen LogP contribution in [0.2, 0.25) is 0 Å². The number of para-hydroxylation sites is 2. The van der Waals surface area contributed by atoms with Crippen LogP contribution in [-0.4, -0.2) is 42.4 Å². The quantitative estimate of drug-likeness (QED) is 0.676. The second kappa shape index (κ2) is 5.21. The molecular weight excluding hydrogens is 324 g/mol. The van der Waals surface area contributed by atoms with E-state index in [1.54, 1.807) is 0 Å². The van der Waals surface area contributed by atoms with E-state index in [0.717, 1.165) is 22.4 Å². The molecule has 0 bridgehead atoms. The van der Waals surface area contributed by atoms with E-state index in [4.69, 9.17) is 0 Å². The maximum Gasteiger partial charge on any atom is 0.157 e. The summed E-state index contributed by atoms with van der Waals surface area (Å²) in [5, 5.41) is 9.52. The van der Waals surface area contributed by atoms with Crippen molar-refractivity contribution in [3.63, 3.8) is 0 Å². The van der Waals surface area contributed by atoms with Crippen LogP contribution in [0.5, 0.6) is 0 Å². The summed E-state index contributed by atoms with van der Waals surface area (Å²) in [6.45, 7) is 2.80. The van der Waals surface area contributed by atoms with Gasteiger partial charge in [0.2, 0.25) is 0 Å². The van der Waals surface area contributed by atoms with Crippen LogP contribution >= 0.6 is 0 Å². The first-order chi connectivity index (χ1) is 11.5. The molecule has 2 aromatic heterocycles. The molecule has 0 saturated carbocycles. The van der Waals surface area contributed by atoms with E-state index in [1.807, 2.05) is 41.7 Å². The smallest absolute Gasteiger partial charge is 0.157 e. The standard InChI is InChI=1S/C17H16N4O2S/c1-12-10-16(20-6-8-24(22,23)9-7-20)21-15-5-3-2-4-14(15)19-17(21)13(12)11-18/h2-5,10H,6-9H2,1H3. The molecule has 6 nitrogen and oxygen atoms in total. The first-order valence-electron chi connectivity index (χ1n) is 7.76. The van der Waals surface area contributed by atoms with Gasteiger partial charge in [0.1, 0.15) is 11.9 Å². The van der Waals surface area contributed by atoms with E-state index < -0.39 is 9.84 Å². The van der Waals surface area contributed by atoms with Gasteiger partial charge in [-0.15, -0.1) is 0 Å². The van der Waals surface area contributed by atoms with Crippen LogP contribution in [-0.2, 0) is 9.84 Å². The second-order valence-electron chi connectivity index (χ2n) is 6.07. The molecular formula is C17H16N4O2S. The third-order valence-corrected chi connectivity index (χ3v) is 6.14. The lowest BCUT2D eigenvalue weighted by molar-refractivity contribution is 0.586. The number of pyridine rings is 1. The number of nitrogens with zero attached hydrogens (tertiary/aromatic N) is 4. The molecule has 0 spiro atoms. The predicted molar refractivity (Wildman–Crippen MR) is 93.0 cm³/mol. The zero-order chi connectivity index (χ0) is 16.9. The number of anilines is 1. The molecule has 0 unspecified atom stereocenters. The number of fused-ring (bicyclic) bond motifs is 3. The van der Waals surface area contributed by atoms with Gasteiger partial charge >= 0.3 is 0 Å². The van der Waals surface area contributed by atoms with Gasteiger partial charge in [0.15, 0.2) is 15.5 Å². The van der Waals surface area contributed by atoms with Crippen LogP contribution in [0, 0.1) is 18.3 Å². The Labute approximate surface area is 139 Å². The van der Waals surface area contributed by atoms with E-state index in [-0.39, 0.29) is 11.5 Å². The predicted octanol–water partition coefficient (Wildman–Crippen LogP) is 1.90. The van der Waals surface area contributed by atoms with Gasteiger partial charge in [0.25, 0.3) is 0 Å². The number of hydrogen-bond acceptors (Lipinski definition) is 5. The molecule has 1 aromatic carbocycles. The molecule has 1 aliphatic rings. The lowest BCUT2D eigenvalue weighted by Crippen LogP contribution is -2.41. The van der Waals surface area contributed by atoms with Crippen LogP contribution in [0.3, 0.4) is 0 Å². The Morgan fingerprint density at radius 3 is 2.62 bits per heavy atom. The molecule has 0 atom stereocenters. The highest BCUT2D eigenvalue weighted by Crippen LogP contribution is 2.29. The summed E-state index contributed by atoms with van der Waals surface area (Å²) < 4.78 is 25.4. The van der Waals surface area contributed by atoms with Gasteiger partial charge in [-0.1, -0.05) is 12.1 Å². The largest absolute Gasteiger partial charge is 0.356 e. The minimum Gasteiger partial charge on any atom is -0.356 e. The Bertz CT molecular complexity index is 1100. The van der Waals surface area contributed by atoms with Gasteiger partial charge < -0.3 is 4.90 Å². The monoisotopic (exact) mass is 340 g/mol. The van der Waals surface area contributed by atoms with Gasteiger partial charge in [-0.2, -0.15) is 5.26 Å². The fourth-order valence-electron chi connectivity index (χ4n) is 3.24. The number of hydrogen-bond donors (Lipinski definition) is 0. The molecule has 0 aliphatic carbocycles. The van der Waals surface area contributed by atoms with Crippen molar-refractivity contribution in [2.24, 2.45) is 0 Å². The van der Waals surface area contributed by atoms with Crippen molar-refractivity contribution >= 4 is 32.3 Å². The van der Waals surface area contributed by atoms with Crippen molar-refractivity contribution in [2.75, 3.05) is 29.5 Å². The summed E-state index contributed by atoms with van der Waals surface area (Å²) in [5.74, 6) is 1.20. The van der Waals surface area contributed by atoms with E-state index in [9.17, 15) is 13.7 Å². The Morgan fingerprint density at radius 1 is 1.21 bits per heavy atom. The molecule has 1 fully saturated rings. The minimum atomic E-state index is -2.95. The number of benzene rings is 1. The summed E-state index contributed by atoms with van der Waals surface area (Å²) in [4.78, 5) is 6.69. The van der Waals surface area contributed by atoms with Crippen molar-refractivity contribution in [2.45, 2.75) is 6.92 Å². The molecule has 1 saturated heterocycles. The molecule has 0 N–H and O–H groups in total. The van der Waals surface area contributed by atoms with Crippen molar-refractivity contribution in [3.05, 3.63) is 41.5 Å². The van der Waals surface area contributed by atoms with E-state index in [1.165, 1.54) is 0 Å².